The molecule has 0 aliphatic carbocycles. The Hall–Kier alpha value is -1.55. The van der Waals surface area contributed by atoms with Gasteiger partial charge in [0.15, 0.2) is 0 Å². The van der Waals surface area contributed by atoms with Crippen molar-refractivity contribution in [2.24, 2.45) is 5.92 Å². The molecular formula is C18H28N2O2. The minimum atomic E-state index is 0.132. The third kappa shape index (κ3) is 4.23. The predicted molar refractivity (Wildman–Crippen MR) is 89.5 cm³/mol. The number of carbonyl (C=O) groups excluding carboxylic acids is 1. The molecule has 122 valence electrons. The molecule has 4 heteroatoms. The Morgan fingerprint density at radius 2 is 2.09 bits per heavy atom. The van der Waals surface area contributed by atoms with Crippen LogP contribution in [0.2, 0.25) is 0 Å². The van der Waals surface area contributed by atoms with Gasteiger partial charge in [0.25, 0.3) is 5.91 Å². The summed E-state index contributed by atoms with van der Waals surface area (Å²) in [6.45, 7) is 7.39. The van der Waals surface area contributed by atoms with Gasteiger partial charge in [-0.1, -0.05) is 6.07 Å². The fourth-order valence-electron chi connectivity index (χ4n) is 3.00. The Morgan fingerprint density at radius 3 is 2.73 bits per heavy atom. The van der Waals surface area contributed by atoms with Crippen LogP contribution >= 0.6 is 0 Å². The highest BCUT2D eigenvalue weighted by Gasteiger charge is 2.23. The highest BCUT2D eigenvalue weighted by molar-refractivity contribution is 5.94. The topological polar surface area (TPSA) is 41.6 Å². The number of ether oxygens (including phenoxy) is 1. The van der Waals surface area contributed by atoms with Gasteiger partial charge in [-0.15, -0.1) is 0 Å². The fraction of sp³-hybridized carbons (Fsp3) is 0.611. The molecular weight excluding hydrogens is 276 g/mol. The molecule has 0 aromatic heterocycles. The third-order valence-electron chi connectivity index (χ3n) is 4.44. The van der Waals surface area contributed by atoms with Gasteiger partial charge in [-0.2, -0.15) is 0 Å². The van der Waals surface area contributed by atoms with Crippen LogP contribution in [0, 0.1) is 12.8 Å². The lowest BCUT2D eigenvalue weighted by atomic mass is 9.93. The van der Waals surface area contributed by atoms with E-state index in [4.69, 9.17) is 4.74 Å². The van der Waals surface area contributed by atoms with E-state index in [2.05, 4.69) is 5.32 Å². The van der Waals surface area contributed by atoms with Gasteiger partial charge in [0.2, 0.25) is 0 Å². The molecule has 1 aliphatic heterocycles. The van der Waals surface area contributed by atoms with E-state index in [1.165, 1.54) is 6.42 Å². The zero-order valence-corrected chi connectivity index (χ0v) is 14.0. The first-order valence-electron chi connectivity index (χ1n) is 8.33. The quantitative estimate of drug-likeness (QED) is 0.878. The number of hydrogen-bond acceptors (Lipinski definition) is 3. The summed E-state index contributed by atoms with van der Waals surface area (Å²) in [6, 6.07) is 5.76. The molecule has 1 saturated heterocycles. The van der Waals surface area contributed by atoms with Gasteiger partial charge >= 0.3 is 0 Å². The van der Waals surface area contributed by atoms with Crippen molar-refractivity contribution in [3.8, 4) is 5.75 Å². The Morgan fingerprint density at radius 1 is 1.36 bits per heavy atom. The van der Waals surface area contributed by atoms with E-state index in [1.54, 1.807) is 0 Å². The maximum Gasteiger partial charge on any atom is 0.253 e. The number of amides is 1. The predicted octanol–water partition coefficient (Wildman–Crippen LogP) is 2.86. The summed E-state index contributed by atoms with van der Waals surface area (Å²) in [5.41, 5.74) is 1.81. The Kier molecular flexibility index (Phi) is 6.25. The van der Waals surface area contributed by atoms with Crippen molar-refractivity contribution >= 4 is 5.91 Å². The van der Waals surface area contributed by atoms with Crippen LogP contribution in [0.4, 0.5) is 0 Å². The second kappa shape index (κ2) is 8.18. The second-order valence-electron chi connectivity index (χ2n) is 6.04. The van der Waals surface area contributed by atoms with Gasteiger partial charge in [-0.3, -0.25) is 4.79 Å². The molecule has 0 saturated carbocycles. The molecule has 0 bridgehead atoms. The van der Waals surface area contributed by atoms with Gasteiger partial charge in [0.05, 0.1) is 6.61 Å². The van der Waals surface area contributed by atoms with Crippen molar-refractivity contribution in [1.82, 2.24) is 10.2 Å². The van der Waals surface area contributed by atoms with Crippen molar-refractivity contribution in [1.29, 1.82) is 0 Å². The van der Waals surface area contributed by atoms with Crippen molar-refractivity contribution in [3.05, 3.63) is 29.3 Å². The zero-order chi connectivity index (χ0) is 15.9. The Bertz CT molecular complexity index is 494. The summed E-state index contributed by atoms with van der Waals surface area (Å²) >= 11 is 0. The molecule has 1 fully saturated rings. The maximum atomic E-state index is 12.6. The van der Waals surface area contributed by atoms with Gasteiger partial charge in [0.1, 0.15) is 5.75 Å². The van der Waals surface area contributed by atoms with Gasteiger partial charge in [0, 0.05) is 18.7 Å². The van der Waals surface area contributed by atoms with Crippen molar-refractivity contribution in [2.45, 2.75) is 33.1 Å². The van der Waals surface area contributed by atoms with Crippen LogP contribution in [0.15, 0.2) is 18.2 Å². The van der Waals surface area contributed by atoms with E-state index in [9.17, 15) is 4.79 Å². The lowest BCUT2D eigenvalue weighted by Gasteiger charge is -2.32. The first-order chi connectivity index (χ1) is 10.7. The average Bonchev–Trinajstić information content (AvgIpc) is 2.55. The number of hydrogen-bond donors (Lipinski definition) is 1. The number of aryl methyl sites for hydroxylation is 1. The molecule has 1 aromatic carbocycles. The minimum absolute atomic E-state index is 0.132. The van der Waals surface area contributed by atoms with Crippen LogP contribution in [0.1, 0.15) is 42.1 Å². The highest BCUT2D eigenvalue weighted by Crippen LogP contribution is 2.24. The first kappa shape index (κ1) is 16.8. The van der Waals surface area contributed by atoms with E-state index in [0.717, 1.165) is 55.3 Å². The van der Waals surface area contributed by atoms with Gasteiger partial charge in [-0.05, 0) is 70.3 Å². The monoisotopic (exact) mass is 304 g/mol. The minimum Gasteiger partial charge on any atom is -0.494 e. The summed E-state index contributed by atoms with van der Waals surface area (Å²) in [7, 11) is 1.99. The number of nitrogens with zero attached hydrogens (tertiary/aromatic N) is 1. The van der Waals surface area contributed by atoms with Crippen LogP contribution in [-0.4, -0.2) is 44.1 Å². The molecule has 0 atom stereocenters. The molecule has 0 spiro atoms. The highest BCUT2D eigenvalue weighted by atomic mass is 16.5. The van der Waals surface area contributed by atoms with Gasteiger partial charge in [-0.25, -0.2) is 0 Å². The number of likely N-dealkylation sites (tertiary alicyclic amines) is 1. The first-order valence-corrected chi connectivity index (χ1v) is 8.33. The molecule has 0 unspecified atom stereocenters. The molecule has 1 heterocycles. The molecule has 22 heavy (non-hydrogen) atoms. The van der Waals surface area contributed by atoms with Crippen LogP contribution in [-0.2, 0) is 0 Å². The SMILES string of the molecule is CCOc1cc(C(=O)N2CCC(CCNC)CC2)ccc1C. The van der Waals surface area contributed by atoms with Crippen LogP contribution in [0.25, 0.3) is 0 Å². The second-order valence-corrected chi connectivity index (χ2v) is 6.04. The van der Waals surface area contributed by atoms with E-state index in [0.29, 0.717) is 6.61 Å². The number of carbonyl (C=O) groups is 1. The summed E-state index contributed by atoms with van der Waals surface area (Å²) in [5, 5.41) is 3.20. The molecule has 0 radical (unpaired) electrons. The zero-order valence-electron chi connectivity index (χ0n) is 14.0. The fourth-order valence-corrected chi connectivity index (χ4v) is 3.00. The summed E-state index contributed by atoms with van der Waals surface area (Å²) in [5.74, 6) is 1.69. The smallest absolute Gasteiger partial charge is 0.253 e. The summed E-state index contributed by atoms with van der Waals surface area (Å²) < 4.78 is 5.60. The van der Waals surface area contributed by atoms with Crippen molar-refractivity contribution in [3.63, 3.8) is 0 Å². The lowest BCUT2D eigenvalue weighted by Crippen LogP contribution is -2.39. The van der Waals surface area contributed by atoms with E-state index in [1.807, 2.05) is 44.0 Å². The standard InChI is InChI=1S/C18H28N2O2/c1-4-22-17-13-16(6-5-14(17)2)18(21)20-11-8-15(9-12-20)7-10-19-3/h5-6,13,15,19H,4,7-12H2,1-3H3. The number of benzene rings is 1. The largest absolute Gasteiger partial charge is 0.494 e. The van der Waals surface area contributed by atoms with Crippen molar-refractivity contribution < 1.29 is 9.53 Å². The van der Waals surface area contributed by atoms with Crippen LogP contribution < -0.4 is 10.1 Å². The van der Waals surface area contributed by atoms with Crippen LogP contribution in [0.5, 0.6) is 5.75 Å². The van der Waals surface area contributed by atoms with E-state index in [-0.39, 0.29) is 5.91 Å². The lowest BCUT2D eigenvalue weighted by molar-refractivity contribution is 0.0686. The van der Waals surface area contributed by atoms with Crippen molar-refractivity contribution in [2.75, 3.05) is 33.3 Å². The molecule has 4 nitrogen and oxygen atoms in total. The van der Waals surface area contributed by atoms with E-state index < -0.39 is 0 Å². The number of piperidine rings is 1. The van der Waals surface area contributed by atoms with Crippen LogP contribution in [0.3, 0.4) is 0 Å². The number of rotatable bonds is 6. The molecule has 2 rings (SSSR count). The van der Waals surface area contributed by atoms with E-state index >= 15 is 0 Å². The summed E-state index contributed by atoms with van der Waals surface area (Å²) in [6.07, 6.45) is 3.42. The summed E-state index contributed by atoms with van der Waals surface area (Å²) in [4.78, 5) is 14.6. The molecule has 1 N–H and O–H groups in total. The maximum absolute atomic E-state index is 12.6. The average molecular weight is 304 g/mol. The Labute approximate surface area is 133 Å². The molecule has 1 aromatic rings. The number of nitrogens with one attached hydrogen (secondary N) is 1. The molecule has 1 aliphatic rings. The normalized spacial score (nSPS) is 15.9. The Balaban J connectivity index is 1.96. The molecule has 1 amide bonds. The van der Waals surface area contributed by atoms with Gasteiger partial charge < -0.3 is 15.0 Å². The third-order valence-corrected chi connectivity index (χ3v) is 4.44.